The molecule has 96 valence electrons. The Hall–Kier alpha value is -1.46. The Labute approximate surface area is 111 Å². The summed E-state index contributed by atoms with van der Waals surface area (Å²) in [5, 5.41) is 15.9. The molecule has 5 nitrogen and oxygen atoms in total. The maximum Gasteiger partial charge on any atom is 0.173 e. The maximum absolute atomic E-state index is 5.96. The summed E-state index contributed by atoms with van der Waals surface area (Å²) in [7, 11) is 0. The number of hydrogen-bond donors (Lipinski definition) is 1. The van der Waals surface area contributed by atoms with Crippen molar-refractivity contribution in [1.29, 1.82) is 0 Å². The van der Waals surface area contributed by atoms with Gasteiger partial charge in [-0.3, -0.25) is 0 Å². The van der Waals surface area contributed by atoms with E-state index in [0.29, 0.717) is 5.02 Å². The van der Waals surface area contributed by atoms with Crippen molar-refractivity contribution in [2.24, 2.45) is 0 Å². The van der Waals surface area contributed by atoms with Crippen LogP contribution in [-0.2, 0) is 0 Å². The number of rotatable bonds is 4. The third-order valence-electron chi connectivity index (χ3n) is 2.78. The Kier molecular flexibility index (Phi) is 3.93. The molecule has 1 atom stereocenters. The molecule has 18 heavy (non-hydrogen) atoms. The normalized spacial score (nSPS) is 12.7. The van der Waals surface area contributed by atoms with E-state index < -0.39 is 0 Å². The van der Waals surface area contributed by atoms with E-state index in [4.69, 9.17) is 11.6 Å². The van der Waals surface area contributed by atoms with Gasteiger partial charge in [0.2, 0.25) is 0 Å². The van der Waals surface area contributed by atoms with Crippen LogP contribution in [0.5, 0.6) is 0 Å². The highest BCUT2D eigenvalue weighted by atomic mass is 35.5. The fraction of sp³-hybridized carbons (Fsp3) is 0.417. The molecule has 0 aliphatic carbocycles. The molecule has 0 fully saturated rings. The van der Waals surface area contributed by atoms with Crippen LogP contribution in [0.2, 0.25) is 5.02 Å². The molecule has 0 aliphatic heterocycles. The zero-order valence-corrected chi connectivity index (χ0v) is 11.4. The molecule has 0 bridgehead atoms. The Balaban J connectivity index is 2.42. The minimum Gasteiger partial charge on any atom is -0.308 e. The van der Waals surface area contributed by atoms with Crippen LogP contribution in [0.3, 0.4) is 0 Å². The number of halogens is 1. The van der Waals surface area contributed by atoms with Gasteiger partial charge in [0.1, 0.15) is 0 Å². The van der Waals surface area contributed by atoms with E-state index in [9.17, 15) is 0 Å². The van der Waals surface area contributed by atoms with Gasteiger partial charge in [-0.1, -0.05) is 18.5 Å². The molecule has 2 aromatic rings. The van der Waals surface area contributed by atoms with Gasteiger partial charge in [-0.05, 0) is 54.6 Å². The van der Waals surface area contributed by atoms with Crippen LogP contribution in [0.25, 0.3) is 5.69 Å². The first kappa shape index (κ1) is 13.0. The molecule has 1 N–H and O–H groups in total. The van der Waals surface area contributed by atoms with Gasteiger partial charge >= 0.3 is 0 Å². The molecule has 0 saturated carbocycles. The van der Waals surface area contributed by atoms with Gasteiger partial charge in [-0.15, -0.1) is 5.10 Å². The zero-order valence-electron chi connectivity index (χ0n) is 10.7. The number of aryl methyl sites for hydroxylation is 1. The lowest BCUT2D eigenvalue weighted by atomic mass is 10.2. The van der Waals surface area contributed by atoms with Gasteiger partial charge in [0.15, 0.2) is 5.82 Å². The number of nitrogens with one attached hydrogen (secondary N) is 1. The van der Waals surface area contributed by atoms with Crippen molar-refractivity contribution < 1.29 is 0 Å². The molecule has 0 amide bonds. The second kappa shape index (κ2) is 5.46. The smallest absolute Gasteiger partial charge is 0.173 e. The predicted octanol–water partition coefficient (Wildman–Crippen LogP) is 2.29. The molecular weight excluding hydrogens is 250 g/mol. The van der Waals surface area contributed by atoms with Crippen molar-refractivity contribution in [3.8, 4) is 5.69 Å². The van der Waals surface area contributed by atoms with Crippen molar-refractivity contribution in [1.82, 2.24) is 25.5 Å². The fourth-order valence-corrected chi connectivity index (χ4v) is 2.12. The number of nitrogens with zero attached hydrogens (tertiary/aromatic N) is 4. The first-order valence-corrected chi connectivity index (χ1v) is 6.29. The molecule has 6 heteroatoms. The highest BCUT2D eigenvalue weighted by Crippen LogP contribution is 2.20. The van der Waals surface area contributed by atoms with Crippen LogP contribution >= 0.6 is 11.6 Å². The number of aromatic nitrogens is 4. The molecule has 2 rings (SSSR count). The van der Waals surface area contributed by atoms with Crippen molar-refractivity contribution in [2.45, 2.75) is 26.8 Å². The van der Waals surface area contributed by atoms with E-state index in [1.165, 1.54) is 0 Å². The van der Waals surface area contributed by atoms with Crippen molar-refractivity contribution in [2.75, 3.05) is 6.54 Å². The average Bonchev–Trinajstić information content (AvgIpc) is 2.78. The summed E-state index contributed by atoms with van der Waals surface area (Å²) in [6.07, 6.45) is 0. The summed E-state index contributed by atoms with van der Waals surface area (Å²) in [6, 6.07) is 5.77. The molecular formula is C12H16ClN5. The molecule has 0 aliphatic rings. The third-order valence-corrected chi connectivity index (χ3v) is 3.01. The predicted molar refractivity (Wildman–Crippen MR) is 71.0 cm³/mol. The molecule has 0 radical (unpaired) electrons. The highest BCUT2D eigenvalue weighted by Gasteiger charge is 2.15. The lowest BCUT2D eigenvalue weighted by Gasteiger charge is -2.13. The Morgan fingerprint density at radius 2 is 2.22 bits per heavy atom. The van der Waals surface area contributed by atoms with Crippen LogP contribution in [0, 0.1) is 6.92 Å². The van der Waals surface area contributed by atoms with E-state index in [0.717, 1.165) is 23.6 Å². The first-order chi connectivity index (χ1) is 8.63. The SMILES string of the molecule is CCNC(C)c1nnnn1-c1ccc(Cl)cc1C. The topological polar surface area (TPSA) is 55.6 Å². The highest BCUT2D eigenvalue weighted by molar-refractivity contribution is 6.30. The van der Waals surface area contributed by atoms with Crippen LogP contribution in [-0.4, -0.2) is 26.8 Å². The Bertz CT molecular complexity index is 537. The van der Waals surface area contributed by atoms with Gasteiger partial charge in [0.25, 0.3) is 0 Å². The molecule has 1 unspecified atom stereocenters. The van der Waals surface area contributed by atoms with Gasteiger partial charge < -0.3 is 5.32 Å². The van der Waals surface area contributed by atoms with Gasteiger partial charge in [-0.25, -0.2) is 0 Å². The molecule has 0 saturated heterocycles. The van der Waals surface area contributed by atoms with Crippen molar-refractivity contribution >= 4 is 11.6 Å². The van der Waals surface area contributed by atoms with Gasteiger partial charge in [-0.2, -0.15) is 4.68 Å². The summed E-state index contributed by atoms with van der Waals surface area (Å²) in [6.45, 7) is 6.95. The average molecular weight is 266 g/mol. The summed E-state index contributed by atoms with van der Waals surface area (Å²) < 4.78 is 1.75. The largest absolute Gasteiger partial charge is 0.308 e. The second-order valence-corrected chi connectivity index (χ2v) is 4.60. The molecule has 1 aromatic carbocycles. The van der Waals surface area contributed by atoms with Gasteiger partial charge in [0.05, 0.1) is 11.7 Å². The Morgan fingerprint density at radius 1 is 1.44 bits per heavy atom. The summed E-state index contributed by atoms with van der Waals surface area (Å²) in [4.78, 5) is 0. The van der Waals surface area contributed by atoms with E-state index in [2.05, 4.69) is 27.8 Å². The van der Waals surface area contributed by atoms with E-state index >= 15 is 0 Å². The Morgan fingerprint density at radius 3 is 2.89 bits per heavy atom. The number of benzene rings is 1. The quantitative estimate of drug-likeness (QED) is 0.922. The van der Waals surface area contributed by atoms with Crippen molar-refractivity contribution in [3.63, 3.8) is 0 Å². The van der Waals surface area contributed by atoms with Crippen LogP contribution in [0.1, 0.15) is 31.3 Å². The van der Waals surface area contributed by atoms with Crippen molar-refractivity contribution in [3.05, 3.63) is 34.6 Å². The minimum absolute atomic E-state index is 0.0973. The lowest BCUT2D eigenvalue weighted by Crippen LogP contribution is -2.21. The summed E-state index contributed by atoms with van der Waals surface area (Å²) in [5.74, 6) is 0.794. The first-order valence-electron chi connectivity index (χ1n) is 5.91. The van der Waals surface area contributed by atoms with Crippen LogP contribution in [0.4, 0.5) is 0 Å². The summed E-state index contributed by atoms with van der Waals surface area (Å²) >= 11 is 5.96. The molecule has 1 heterocycles. The molecule has 1 aromatic heterocycles. The second-order valence-electron chi connectivity index (χ2n) is 4.16. The monoisotopic (exact) mass is 265 g/mol. The summed E-state index contributed by atoms with van der Waals surface area (Å²) in [5.41, 5.74) is 1.99. The molecule has 0 spiro atoms. The third kappa shape index (κ3) is 2.52. The van der Waals surface area contributed by atoms with Gasteiger partial charge in [0, 0.05) is 5.02 Å². The van der Waals surface area contributed by atoms with Crippen LogP contribution < -0.4 is 5.32 Å². The maximum atomic E-state index is 5.96. The lowest BCUT2D eigenvalue weighted by molar-refractivity contribution is 0.550. The number of tetrazole rings is 1. The zero-order chi connectivity index (χ0) is 13.1. The standard InChI is InChI=1S/C12H16ClN5/c1-4-14-9(3)12-15-16-17-18(12)11-6-5-10(13)7-8(11)2/h5-7,9,14H,4H2,1-3H3. The van der Waals surface area contributed by atoms with E-state index in [1.807, 2.05) is 32.0 Å². The fourth-order valence-electron chi connectivity index (χ4n) is 1.89. The minimum atomic E-state index is 0.0973. The van der Waals surface area contributed by atoms with Crippen LogP contribution in [0.15, 0.2) is 18.2 Å². The van der Waals surface area contributed by atoms with E-state index in [1.54, 1.807) is 4.68 Å². The number of hydrogen-bond acceptors (Lipinski definition) is 4. The van der Waals surface area contributed by atoms with E-state index in [-0.39, 0.29) is 6.04 Å².